The van der Waals surface area contributed by atoms with E-state index in [0.717, 1.165) is 30.4 Å². The molecular weight excluding hydrogens is 306 g/mol. The monoisotopic (exact) mass is 325 g/mol. The zero-order valence-electron chi connectivity index (χ0n) is 11.3. The summed E-state index contributed by atoms with van der Waals surface area (Å²) in [5.74, 6) is -0.0875. The molecule has 0 saturated heterocycles. The number of hydrogen-bond donors (Lipinski definition) is 0. The van der Waals surface area contributed by atoms with Crippen molar-refractivity contribution in [2.45, 2.75) is 32.6 Å². The van der Waals surface area contributed by atoms with Gasteiger partial charge in [-0.25, -0.2) is 0 Å². The summed E-state index contributed by atoms with van der Waals surface area (Å²) in [7, 11) is 0. The first-order valence-corrected chi connectivity index (χ1v) is 7.69. The van der Waals surface area contributed by atoms with Crippen LogP contribution in [0, 0.1) is 0 Å². The summed E-state index contributed by atoms with van der Waals surface area (Å²) < 4.78 is 6.09. The van der Waals surface area contributed by atoms with E-state index >= 15 is 0 Å². The van der Waals surface area contributed by atoms with Crippen LogP contribution in [-0.4, -0.2) is 25.7 Å². The largest absolute Gasteiger partial charge is 0.466 e. The average molecular weight is 326 g/mol. The highest BCUT2D eigenvalue weighted by atomic mass is 79.9. The van der Waals surface area contributed by atoms with Crippen molar-refractivity contribution in [2.75, 3.05) is 24.6 Å². The average Bonchev–Trinajstić information content (AvgIpc) is 2.39. The number of halogens is 1. The molecule has 2 rings (SSSR count). The minimum Gasteiger partial charge on any atom is -0.466 e. The Kier molecular flexibility index (Phi) is 5.25. The first-order valence-electron chi connectivity index (χ1n) is 6.89. The molecule has 4 heteroatoms. The van der Waals surface area contributed by atoms with Crippen LogP contribution in [0.15, 0.2) is 22.7 Å². The van der Waals surface area contributed by atoms with E-state index in [1.54, 1.807) is 0 Å². The van der Waals surface area contributed by atoms with E-state index in [1.807, 2.05) is 6.92 Å². The van der Waals surface area contributed by atoms with Crippen molar-refractivity contribution in [3.63, 3.8) is 0 Å². The molecule has 3 nitrogen and oxygen atoms in total. The number of hydrogen-bond acceptors (Lipinski definition) is 3. The van der Waals surface area contributed by atoms with Gasteiger partial charge in [-0.2, -0.15) is 0 Å². The predicted molar refractivity (Wildman–Crippen MR) is 80.5 cm³/mol. The fraction of sp³-hybridized carbons (Fsp3) is 0.533. The molecule has 0 amide bonds. The van der Waals surface area contributed by atoms with Crippen LogP contribution in [0.5, 0.6) is 0 Å². The molecule has 1 aliphatic rings. The number of fused-ring (bicyclic) bond motifs is 1. The van der Waals surface area contributed by atoms with E-state index in [1.165, 1.54) is 17.7 Å². The molecule has 0 atom stereocenters. The molecule has 1 aromatic rings. The van der Waals surface area contributed by atoms with Gasteiger partial charge in [-0.05, 0) is 49.9 Å². The highest BCUT2D eigenvalue weighted by molar-refractivity contribution is 9.10. The van der Waals surface area contributed by atoms with Crippen LogP contribution in [0.4, 0.5) is 5.69 Å². The summed E-state index contributed by atoms with van der Waals surface area (Å²) in [6.07, 6.45) is 3.69. The number of esters is 1. The van der Waals surface area contributed by atoms with Gasteiger partial charge >= 0.3 is 5.97 Å². The number of nitrogens with zero attached hydrogens (tertiary/aromatic N) is 1. The van der Waals surface area contributed by atoms with Gasteiger partial charge in [0.25, 0.3) is 0 Å². The minimum atomic E-state index is -0.0875. The molecule has 0 radical (unpaired) electrons. The maximum atomic E-state index is 11.3. The van der Waals surface area contributed by atoms with Crippen molar-refractivity contribution < 1.29 is 9.53 Å². The Balaban J connectivity index is 1.91. The lowest BCUT2D eigenvalue weighted by molar-refractivity contribution is -0.143. The van der Waals surface area contributed by atoms with Crippen LogP contribution < -0.4 is 4.90 Å². The topological polar surface area (TPSA) is 29.5 Å². The lowest BCUT2D eigenvalue weighted by atomic mass is 10.0. The van der Waals surface area contributed by atoms with E-state index < -0.39 is 0 Å². The third-order valence-corrected chi connectivity index (χ3v) is 3.86. The molecule has 0 aromatic heterocycles. The molecule has 0 N–H and O–H groups in total. The predicted octanol–water partition coefficient (Wildman–Crippen LogP) is 3.55. The number of benzene rings is 1. The Morgan fingerprint density at radius 2 is 2.32 bits per heavy atom. The molecule has 0 bridgehead atoms. The third-order valence-electron chi connectivity index (χ3n) is 3.37. The Morgan fingerprint density at radius 1 is 1.47 bits per heavy atom. The van der Waals surface area contributed by atoms with E-state index in [2.05, 4.69) is 39.0 Å². The van der Waals surface area contributed by atoms with Crippen LogP contribution in [0.3, 0.4) is 0 Å². The molecule has 1 aliphatic heterocycles. The van der Waals surface area contributed by atoms with E-state index in [0.29, 0.717) is 13.0 Å². The second-order valence-electron chi connectivity index (χ2n) is 4.77. The molecular formula is C15H20BrNO2. The van der Waals surface area contributed by atoms with Gasteiger partial charge in [-0.1, -0.05) is 15.9 Å². The summed E-state index contributed by atoms with van der Waals surface area (Å²) in [5, 5.41) is 0. The number of carbonyl (C=O) groups excluding carboxylic acids is 1. The van der Waals surface area contributed by atoms with Gasteiger partial charge in [0.05, 0.1) is 6.61 Å². The van der Waals surface area contributed by atoms with Crippen molar-refractivity contribution >= 4 is 27.6 Å². The second kappa shape index (κ2) is 6.94. The molecule has 104 valence electrons. The van der Waals surface area contributed by atoms with Crippen LogP contribution in [-0.2, 0) is 16.0 Å². The van der Waals surface area contributed by atoms with E-state index in [4.69, 9.17) is 4.74 Å². The third kappa shape index (κ3) is 3.96. The fourth-order valence-corrected chi connectivity index (χ4v) is 2.93. The van der Waals surface area contributed by atoms with Crippen molar-refractivity contribution in [2.24, 2.45) is 0 Å². The van der Waals surface area contributed by atoms with Crippen LogP contribution >= 0.6 is 15.9 Å². The highest BCUT2D eigenvalue weighted by Gasteiger charge is 2.16. The standard InChI is InChI=1S/C15H20BrNO2/c1-2-19-15(18)6-4-10-17-9-3-5-12-11-13(16)7-8-14(12)17/h7-8,11H,2-6,9-10H2,1H3. The van der Waals surface area contributed by atoms with Gasteiger partial charge < -0.3 is 9.64 Å². The van der Waals surface area contributed by atoms with Crippen LogP contribution in [0.2, 0.25) is 0 Å². The Hall–Kier alpha value is -1.03. The number of anilines is 1. The van der Waals surface area contributed by atoms with Crippen molar-refractivity contribution in [1.82, 2.24) is 0 Å². The molecule has 0 unspecified atom stereocenters. The SMILES string of the molecule is CCOC(=O)CCCN1CCCc2cc(Br)ccc21. The van der Waals surface area contributed by atoms with Gasteiger partial charge in [0.15, 0.2) is 0 Å². The molecule has 1 heterocycles. The lowest BCUT2D eigenvalue weighted by Gasteiger charge is -2.31. The number of ether oxygens (including phenoxy) is 1. The maximum Gasteiger partial charge on any atom is 0.305 e. The van der Waals surface area contributed by atoms with Crippen molar-refractivity contribution in [1.29, 1.82) is 0 Å². The Labute approximate surface area is 123 Å². The van der Waals surface area contributed by atoms with Gasteiger partial charge in [0.2, 0.25) is 0 Å². The van der Waals surface area contributed by atoms with Crippen molar-refractivity contribution in [3.8, 4) is 0 Å². The maximum absolute atomic E-state index is 11.3. The molecule has 0 spiro atoms. The smallest absolute Gasteiger partial charge is 0.305 e. The lowest BCUT2D eigenvalue weighted by Crippen LogP contribution is -2.30. The van der Waals surface area contributed by atoms with Crippen LogP contribution in [0.1, 0.15) is 31.7 Å². The number of carbonyl (C=O) groups is 1. The Bertz CT molecular complexity index is 448. The summed E-state index contributed by atoms with van der Waals surface area (Å²) in [4.78, 5) is 13.7. The molecule has 1 aromatic carbocycles. The second-order valence-corrected chi connectivity index (χ2v) is 5.69. The van der Waals surface area contributed by atoms with Gasteiger partial charge in [-0.15, -0.1) is 0 Å². The van der Waals surface area contributed by atoms with Gasteiger partial charge in [-0.3, -0.25) is 4.79 Å². The zero-order chi connectivity index (χ0) is 13.7. The quantitative estimate of drug-likeness (QED) is 0.775. The van der Waals surface area contributed by atoms with E-state index in [9.17, 15) is 4.79 Å². The highest BCUT2D eigenvalue weighted by Crippen LogP contribution is 2.29. The number of aryl methyl sites for hydroxylation is 1. The van der Waals surface area contributed by atoms with Gasteiger partial charge in [0.1, 0.15) is 0 Å². The van der Waals surface area contributed by atoms with E-state index in [-0.39, 0.29) is 5.97 Å². The first-order chi connectivity index (χ1) is 9.20. The fourth-order valence-electron chi connectivity index (χ4n) is 2.52. The number of rotatable bonds is 5. The normalized spacial score (nSPS) is 14.1. The summed E-state index contributed by atoms with van der Waals surface area (Å²) in [6.45, 7) is 4.32. The summed E-state index contributed by atoms with van der Waals surface area (Å²) in [6, 6.07) is 6.46. The zero-order valence-corrected chi connectivity index (χ0v) is 12.9. The summed E-state index contributed by atoms with van der Waals surface area (Å²) in [5.41, 5.74) is 2.72. The summed E-state index contributed by atoms with van der Waals surface area (Å²) >= 11 is 3.52. The minimum absolute atomic E-state index is 0.0875. The molecule has 0 saturated carbocycles. The molecule has 0 fully saturated rings. The van der Waals surface area contributed by atoms with Gasteiger partial charge in [0, 0.05) is 29.7 Å². The Morgan fingerprint density at radius 3 is 3.11 bits per heavy atom. The van der Waals surface area contributed by atoms with Crippen molar-refractivity contribution in [3.05, 3.63) is 28.2 Å². The first kappa shape index (κ1) is 14.4. The molecule has 19 heavy (non-hydrogen) atoms. The van der Waals surface area contributed by atoms with Crippen LogP contribution in [0.25, 0.3) is 0 Å². The molecule has 0 aliphatic carbocycles.